The van der Waals surface area contributed by atoms with Crippen molar-refractivity contribution in [2.45, 2.75) is 39.3 Å². The van der Waals surface area contributed by atoms with Crippen LogP contribution in [0.5, 0.6) is 0 Å². The maximum absolute atomic E-state index is 11.4. The minimum absolute atomic E-state index is 0.175. The van der Waals surface area contributed by atoms with E-state index in [4.69, 9.17) is 4.74 Å². The molecule has 0 amide bonds. The molecular weight excluding hydrogens is 216 g/mol. The molecule has 0 aliphatic carbocycles. The predicted molar refractivity (Wildman–Crippen MR) is 66.4 cm³/mol. The van der Waals surface area contributed by atoms with E-state index in [0.29, 0.717) is 19.6 Å². The van der Waals surface area contributed by atoms with Gasteiger partial charge in [0.25, 0.3) is 0 Å². The first-order chi connectivity index (χ1) is 8.03. The number of carbonyl (C=O) groups is 1. The maximum Gasteiger partial charge on any atom is 0.307 e. The highest BCUT2D eigenvalue weighted by Crippen LogP contribution is 2.10. The number of esters is 1. The zero-order chi connectivity index (χ0) is 12.7. The molecule has 0 radical (unpaired) electrons. The molecule has 0 atom stereocenters. The monoisotopic (exact) mass is 236 g/mol. The molecule has 4 nitrogen and oxygen atoms in total. The van der Waals surface area contributed by atoms with Crippen LogP contribution in [0, 0.1) is 0 Å². The Morgan fingerprint density at radius 2 is 2.24 bits per heavy atom. The number of hydrogen-bond donors (Lipinski definition) is 1. The Hall–Kier alpha value is -1.42. The van der Waals surface area contributed by atoms with Crippen LogP contribution in [0.2, 0.25) is 0 Å². The SMILES string of the molecule is CCOC(=O)CC(C)(C)NCc1ccccn1. The molecule has 0 spiro atoms. The third-order valence-electron chi connectivity index (χ3n) is 2.37. The smallest absolute Gasteiger partial charge is 0.307 e. The highest BCUT2D eigenvalue weighted by atomic mass is 16.5. The number of ether oxygens (including phenoxy) is 1. The van der Waals surface area contributed by atoms with Gasteiger partial charge in [-0.05, 0) is 32.9 Å². The predicted octanol–water partition coefficient (Wildman–Crippen LogP) is 1.90. The van der Waals surface area contributed by atoms with E-state index >= 15 is 0 Å². The Balaban J connectivity index is 2.41. The zero-order valence-corrected chi connectivity index (χ0v) is 10.7. The summed E-state index contributed by atoms with van der Waals surface area (Å²) in [6.07, 6.45) is 2.11. The van der Waals surface area contributed by atoms with E-state index in [0.717, 1.165) is 5.69 Å². The highest BCUT2D eigenvalue weighted by molar-refractivity contribution is 5.70. The number of rotatable bonds is 6. The summed E-state index contributed by atoms with van der Waals surface area (Å²) >= 11 is 0. The van der Waals surface area contributed by atoms with Gasteiger partial charge in [0.1, 0.15) is 0 Å². The molecule has 0 aliphatic rings. The molecule has 0 aliphatic heterocycles. The van der Waals surface area contributed by atoms with Crippen molar-refractivity contribution < 1.29 is 9.53 Å². The maximum atomic E-state index is 11.4. The minimum Gasteiger partial charge on any atom is -0.466 e. The van der Waals surface area contributed by atoms with Gasteiger partial charge >= 0.3 is 5.97 Å². The van der Waals surface area contributed by atoms with Gasteiger partial charge in [-0.2, -0.15) is 0 Å². The molecular formula is C13H20N2O2. The fourth-order valence-electron chi connectivity index (χ4n) is 1.47. The fraction of sp³-hybridized carbons (Fsp3) is 0.538. The van der Waals surface area contributed by atoms with Gasteiger partial charge in [0.05, 0.1) is 18.7 Å². The average Bonchev–Trinajstić information content (AvgIpc) is 2.27. The van der Waals surface area contributed by atoms with Crippen molar-refractivity contribution in [2.24, 2.45) is 0 Å². The molecule has 1 N–H and O–H groups in total. The van der Waals surface area contributed by atoms with Crippen molar-refractivity contribution in [3.8, 4) is 0 Å². The van der Waals surface area contributed by atoms with E-state index < -0.39 is 0 Å². The Morgan fingerprint density at radius 1 is 1.47 bits per heavy atom. The third kappa shape index (κ3) is 5.45. The van der Waals surface area contributed by atoms with Gasteiger partial charge < -0.3 is 10.1 Å². The van der Waals surface area contributed by atoms with E-state index in [1.807, 2.05) is 39.0 Å². The lowest BCUT2D eigenvalue weighted by atomic mass is 10.0. The Labute approximate surface area is 102 Å². The van der Waals surface area contributed by atoms with Gasteiger partial charge in [0.15, 0.2) is 0 Å². The summed E-state index contributed by atoms with van der Waals surface area (Å²) in [6, 6.07) is 5.78. The van der Waals surface area contributed by atoms with Crippen LogP contribution in [0.4, 0.5) is 0 Å². The molecule has 0 aromatic carbocycles. The molecule has 4 heteroatoms. The van der Waals surface area contributed by atoms with Crippen LogP contribution < -0.4 is 5.32 Å². The lowest BCUT2D eigenvalue weighted by Crippen LogP contribution is -2.41. The van der Waals surface area contributed by atoms with Crippen LogP contribution in [-0.4, -0.2) is 23.1 Å². The van der Waals surface area contributed by atoms with Crippen LogP contribution >= 0.6 is 0 Å². The summed E-state index contributed by atoms with van der Waals surface area (Å²) in [7, 11) is 0. The second-order valence-electron chi connectivity index (χ2n) is 4.54. The summed E-state index contributed by atoms with van der Waals surface area (Å²) in [5, 5.41) is 3.30. The standard InChI is InChI=1S/C13H20N2O2/c1-4-17-12(16)9-13(2,3)15-10-11-7-5-6-8-14-11/h5-8,15H,4,9-10H2,1-3H3. The van der Waals surface area contributed by atoms with Gasteiger partial charge in [0.2, 0.25) is 0 Å². The molecule has 94 valence electrons. The molecule has 0 fully saturated rings. The van der Waals surface area contributed by atoms with Crippen molar-refractivity contribution >= 4 is 5.97 Å². The van der Waals surface area contributed by atoms with Gasteiger partial charge in [-0.1, -0.05) is 6.07 Å². The summed E-state index contributed by atoms with van der Waals surface area (Å²) in [5.74, 6) is -0.175. The van der Waals surface area contributed by atoms with E-state index in [2.05, 4.69) is 10.3 Å². The van der Waals surface area contributed by atoms with Crippen molar-refractivity contribution in [3.05, 3.63) is 30.1 Å². The van der Waals surface area contributed by atoms with E-state index in [1.54, 1.807) is 6.20 Å². The number of nitrogens with zero attached hydrogens (tertiary/aromatic N) is 1. The Morgan fingerprint density at radius 3 is 2.82 bits per heavy atom. The van der Waals surface area contributed by atoms with Gasteiger partial charge in [0, 0.05) is 18.3 Å². The van der Waals surface area contributed by atoms with E-state index in [1.165, 1.54) is 0 Å². The number of nitrogens with one attached hydrogen (secondary N) is 1. The van der Waals surface area contributed by atoms with Crippen molar-refractivity contribution in [2.75, 3.05) is 6.61 Å². The number of pyridine rings is 1. The summed E-state index contributed by atoms with van der Waals surface area (Å²) in [6.45, 7) is 6.84. The largest absolute Gasteiger partial charge is 0.466 e. The first-order valence-corrected chi connectivity index (χ1v) is 5.84. The molecule has 1 heterocycles. The van der Waals surface area contributed by atoms with Gasteiger partial charge in [-0.15, -0.1) is 0 Å². The molecule has 0 saturated carbocycles. The fourth-order valence-corrected chi connectivity index (χ4v) is 1.47. The minimum atomic E-state index is -0.288. The highest BCUT2D eigenvalue weighted by Gasteiger charge is 2.22. The second-order valence-corrected chi connectivity index (χ2v) is 4.54. The second kappa shape index (κ2) is 6.35. The molecule has 0 unspecified atom stereocenters. The topological polar surface area (TPSA) is 51.2 Å². The number of carbonyl (C=O) groups excluding carboxylic acids is 1. The Kier molecular flexibility index (Phi) is 5.10. The third-order valence-corrected chi connectivity index (χ3v) is 2.37. The molecule has 0 bridgehead atoms. The first-order valence-electron chi connectivity index (χ1n) is 5.84. The number of hydrogen-bond acceptors (Lipinski definition) is 4. The molecule has 1 aromatic heterocycles. The van der Waals surface area contributed by atoms with Gasteiger partial charge in [-0.3, -0.25) is 9.78 Å². The summed E-state index contributed by atoms with van der Waals surface area (Å²) in [4.78, 5) is 15.6. The van der Waals surface area contributed by atoms with Crippen LogP contribution in [0.25, 0.3) is 0 Å². The lowest BCUT2D eigenvalue weighted by Gasteiger charge is -2.25. The molecule has 17 heavy (non-hydrogen) atoms. The van der Waals surface area contributed by atoms with Crippen molar-refractivity contribution in [1.29, 1.82) is 0 Å². The molecule has 1 rings (SSSR count). The normalized spacial score (nSPS) is 11.2. The van der Waals surface area contributed by atoms with Crippen LogP contribution in [0.3, 0.4) is 0 Å². The summed E-state index contributed by atoms with van der Waals surface area (Å²) in [5.41, 5.74) is 0.675. The Bertz CT molecular complexity index is 350. The quantitative estimate of drug-likeness (QED) is 0.766. The zero-order valence-electron chi connectivity index (χ0n) is 10.7. The van der Waals surface area contributed by atoms with Crippen LogP contribution in [0.15, 0.2) is 24.4 Å². The van der Waals surface area contributed by atoms with E-state index in [9.17, 15) is 4.79 Å². The summed E-state index contributed by atoms with van der Waals surface area (Å²) < 4.78 is 4.94. The van der Waals surface area contributed by atoms with E-state index in [-0.39, 0.29) is 11.5 Å². The average molecular weight is 236 g/mol. The van der Waals surface area contributed by atoms with Gasteiger partial charge in [-0.25, -0.2) is 0 Å². The number of aromatic nitrogens is 1. The lowest BCUT2D eigenvalue weighted by molar-refractivity contribution is -0.144. The van der Waals surface area contributed by atoms with Crippen LogP contribution in [-0.2, 0) is 16.1 Å². The van der Waals surface area contributed by atoms with Crippen molar-refractivity contribution in [3.63, 3.8) is 0 Å². The molecule has 1 aromatic rings. The molecule has 0 saturated heterocycles. The first kappa shape index (κ1) is 13.6. The van der Waals surface area contributed by atoms with Crippen LogP contribution in [0.1, 0.15) is 32.9 Å². The van der Waals surface area contributed by atoms with Crippen molar-refractivity contribution in [1.82, 2.24) is 10.3 Å².